The second-order valence-corrected chi connectivity index (χ2v) is 6.69. The van der Waals surface area contributed by atoms with Gasteiger partial charge in [0.1, 0.15) is 0 Å². The van der Waals surface area contributed by atoms with Crippen LogP contribution in [0.15, 0.2) is 47.4 Å². The van der Waals surface area contributed by atoms with Crippen molar-refractivity contribution in [1.29, 1.82) is 0 Å². The van der Waals surface area contributed by atoms with E-state index in [2.05, 4.69) is 50.2 Å². The topological polar surface area (TPSA) is 26.0 Å². The van der Waals surface area contributed by atoms with E-state index in [1.807, 2.05) is 29.2 Å². The Kier molecular flexibility index (Phi) is 4.26. The molecule has 1 aromatic heterocycles. The smallest absolute Gasteiger partial charge is 0.0586 e. The van der Waals surface area contributed by atoms with Gasteiger partial charge in [-0.1, -0.05) is 18.2 Å². The lowest BCUT2D eigenvalue weighted by Crippen LogP contribution is -2.21. The average molecular weight is 263 g/mol. The Bertz CT molecular complexity index is 462. The van der Waals surface area contributed by atoms with Crippen molar-refractivity contribution in [2.45, 2.75) is 30.0 Å². The fourth-order valence-corrected chi connectivity index (χ4v) is 3.96. The van der Waals surface area contributed by atoms with E-state index in [1.165, 1.54) is 14.6 Å². The van der Waals surface area contributed by atoms with Crippen LogP contribution in [0, 0.1) is 6.92 Å². The molecule has 0 radical (unpaired) electrons. The first kappa shape index (κ1) is 12.7. The number of hydrogen-bond donors (Lipinski definition) is 1. The summed E-state index contributed by atoms with van der Waals surface area (Å²) in [6.07, 6.45) is 0. The maximum absolute atomic E-state index is 6.11. The van der Waals surface area contributed by atoms with Crippen LogP contribution in [-0.4, -0.2) is 6.04 Å². The third kappa shape index (κ3) is 3.35. The maximum Gasteiger partial charge on any atom is 0.0586 e. The van der Waals surface area contributed by atoms with Gasteiger partial charge >= 0.3 is 0 Å². The van der Waals surface area contributed by atoms with E-state index >= 15 is 0 Å². The van der Waals surface area contributed by atoms with E-state index in [0.717, 1.165) is 0 Å². The van der Waals surface area contributed by atoms with Gasteiger partial charge in [0.2, 0.25) is 0 Å². The van der Waals surface area contributed by atoms with Crippen molar-refractivity contribution in [2.75, 3.05) is 0 Å². The lowest BCUT2D eigenvalue weighted by molar-refractivity contribution is 0.730. The molecule has 90 valence electrons. The van der Waals surface area contributed by atoms with Crippen molar-refractivity contribution in [2.24, 2.45) is 5.73 Å². The van der Waals surface area contributed by atoms with Crippen LogP contribution >= 0.6 is 23.1 Å². The molecule has 1 aromatic carbocycles. The fraction of sp³-hybridized carbons (Fsp3) is 0.286. The molecular weight excluding hydrogens is 246 g/mol. The zero-order valence-corrected chi connectivity index (χ0v) is 11.7. The van der Waals surface area contributed by atoms with Crippen molar-refractivity contribution in [1.82, 2.24) is 0 Å². The third-order valence-corrected chi connectivity index (χ3v) is 5.24. The Morgan fingerprint density at radius 1 is 1.12 bits per heavy atom. The number of benzene rings is 1. The van der Waals surface area contributed by atoms with Crippen LogP contribution in [0.2, 0.25) is 0 Å². The number of nitrogens with two attached hydrogens (primary N) is 1. The van der Waals surface area contributed by atoms with E-state index in [4.69, 9.17) is 5.73 Å². The summed E-state index contributed by atoms with van der Waals surface area (Å²) >= 11 is 3.69. The summed E-state index contributed by atoms with van der Waals surface area (Å²) in [5.41, 5.74) is 6.11. The largest absolute Gasteiger partial charge is 0.327 e. The molecule has 0 aliphatic carbocycles. The van der Waals surface area contributed by atoms with E-state index in [-0.39, 0.29) is 6.04 Å². The molecule has 0 aliphatic heterocycles. The monoisotopic (exact) mass is 263 g/mol. The number of hydrogen-bond acceptors (Lipinski definition) is 3. The van der Waals surface area contributed by atoms with Gasteiger partial charge in [-0.05, 0) is 38.1 Å². The summed E-state index contributed by atoms with van der Waals surface area (Å²) in [5.74, 6) is 0. The second kappa shape index (κ2) is 5.71. The zero-order chi connectivity index (χ0) is 12.3. The van der Waals surface area contributed by atoms with Crippen molar-refractivity contribution in [3.8, 4) is 0 Å². The molecule has 2 N–H and O–H groups in total. The molecule has 0 saturated carbocycles. The molecule has 0 bridgehead atoms. The molecule has 2 rings (SSSR count). The van der Waals surface area contributed by atoms with Gasteiger partial charge in [0.25, 0.3) is 0 Å². The number of thioether (sulfide) groups is 1. The maximum atomic E-state index is 6.11. The molecule has 2 aromatic rings. The molecule has 2 unspecified atom stereocenters. The average Bonchev–Trinajstić information content (AvgIpc) is 2.73. The molecule has 2 atom stereocenters. The lowest BCUT2D eigenvalue weighted by atomic mass is 10.2. The predicted octanol–water partition coefficient (Wildman–Crippen LogP) is 4.24. The van der Waals surface area contributed by atoms with Crippen LogP contribution in [0.25, 0.3) is 0 Å². The first-order chi connectivity index (χ1) is 8.16. The summed E-state index contributed by atoms with van der Waals surface area (Å²) in [5, 5.41) is 0.344. The zero-order valence-electron chi connectivity index (χ0n) is 10.1. The summed E-state index contributed by atoms with van der Waals surface area (Å²) in [6, 6.07) is 15.0. The Morgan fingerprint density at radius 2 is 1.82 bits per heavy atom. The predicted molar refractivity (Wildman–Crippen MR) is 77.7 cm³/mol. The van der Waals surface area contributed by atoms with E-state index in [9.17, 15) is 0 Å². The molecule has 0 aliphatic rings. The highest BCUT2D eigenvalue weighted by Gasteiger charge is 2.19. The normalized spacial score (nSPS) is 14.5. The summed E-state index contributed by atoms with van der Waals surface area (Å²) < 4.78 is 0. The van der Waals surface area contributed by atoms with Gasteiger partial charge in [0.05, 0.1) is 5.25 Å². The van der Waals surface area contributed by atoms with Gasteiger partial charge in [-0.2, -0.15) is 0 Å². The highest BCUT2D eigenvalue weighted by atomic mass is 32.2. The van der Waals surface area contributed by atoms with Crippen LogP contribution in [-0.2, 0) is 0 Å². The summed E-state index contributed by atoms with van der Waals surface area (Å²) in [4.78, 5) is 3.99. The minimum atomic E-state index is 0.151. The third-order valence-electron chi connectivity index (χ3n) is 2.53. The van der Waals surface area contributed by atoms with Gasteiger partial charge < -0.3 is 5.73 Å². The Morgan fingerprint density at radius 3 is 2.35 bits per heavy atom. The van der Waals surface area contributed by atoms with Crippen molar-refractivity contribution in [3.63, 3.8) is 0 Å². The summed E-state index contributed by atoms with van der Waals surface area (Å²) in [7, 11) is 0. The van der Waals surface area contributed by atoms with Gasteiger partial charge in [-0.3, -0.25) is 0 Å². The summed E-state index contributed by atoms with van der Waals surface area (Å²) in [6.45, 7) is 4.22. The van der Waals surface area contributed by atoms with Crippen LogP contribution in [0.4, 0.5) is 0 Å². The van der Waals surface area contributed by atoms with E-state index in [1.54, 1.807) is 0 Å². The van der Waals surface area contributed by atoms with E-state index in [0.29, 0.717) is 5.25 Å². The second-order valence-electron chi connectivity index (χ2n) is 4.16. The molecule has 3 heteroatoms. The molecule has 1 nitrogen and oxygen atoms in total. The van der Waals surface area contributed by atoms with Gasteiger partial charge in [0, 0.05) is 20.7 Å². The standard InChI is InChI=1S/C14H17NS2/c1-10-8-9-13(16-10)14(11(2)15)17-12-6-4-3-5-7-12/h3-9,11,14H,15H2,1-2H3. The van der Waals surface area contributed by atoms with Crippen LogP contribution in [0.1, 0.15) is 21.9 Å². The highest BCUT2D eigenvalue weighted by Crippen LogP contribution is 2.39. The van der Waals surface area contributed by atoms with Gasteiger partial charge in [0.15, 0.2) is 0 Å². The minimum Gasteiger partial charge on any atom is -0.327 e. The number of aryl methyl sites for hydroxylation is 1. The fourth-order valence-electron chi connectivity index (χ4n) is 1.68. The van der Waals surface area contributed by atoms with Crippen LogP contribution < -0.4 is 5.73 Å². The SMILES string of the molecule is Cc1ccc(C(Sc2ccccc2)C(C)N)s1. The van der Waals surface area contributed by atoms with Crippen LogP contribution in [0.5, 0.6) is 0 Å². The van der Waals surface area contributed by atoms with Crippen molar-refractivity contribution < 1.29 is 0 Å². The van der Waals surface area contributed by atoms with Crippen LogP contribution in [0.3, 0.4) is 0 Å². The van der Waals surface area contributed by atoms with E-state index < -0.39 is 0 Å². The van der Waals surface area contributed by atoms with Gasteiger partial charge in [-0.25, -0.2) is 0 Å². The highest BCUT2D eigenvalue weighted by molar-refractivity contribution is 7.99. The lowest BCUT2D eigenvalue weighted by Gasteiger charge is -2.18. The molecule has 0 amide bonds. The molecule has 17 heavy (non-hydrogen) atoms. The van der Waals surface area contributed by atoms with Crippen molar-refractivity contribution >= 4 is 23.1 Å². The molecule has 0 fully saturated rings. The minimum absolute atomic E-state index is 0.151. The van der Waals surface area contributed by atoms with Gasteiger partial charge in [-0.15, -0.1) is 23.1 Å². The molecule has 0 saturated heterocycles. The van der Waals surface area contributed by atoms with Crippen molar-refractivity contribution in [3.05, 3.63) is 52.2 Å². The first-order valence-corrected chi connectivity index (χ1v) is 7.40. The molecular formula is C14H17NS2. The molecule has 1 heterocycles. The quantitative estimate of drug-likeness (QED) is 0.835. The first-order valence-electron chi connectivity index (χ1n) is 5.70. The molecule has 0 spiro atoms. The Labute approximate surface area is 111 Å². The number of rotatable bonds is 4. The Hall–Kier alpha value is -0.770. The number of thiophene rings is 1. The Balaban J connectivity index is 2.19.